The highest BCUT2D eigenvalue weighted by Crippen LogP contribution is 2.34. The lowest BCUT2D eigenvalue weighted by Gasteiger charge is -2.15. The molecular weight excluding hydrogens is 286 g/mol. The Morgan fingerprint density at radius 2 is 2.05 bits per heavy atom. The van der Waals surface area contributed by atoms with Crippen LogP contribution in [-0.4, -0.2) is 9.78 Å². The average molecular weight is 301 g/mol. The van der Waals surface area contributed by atoms with Crippen molar-refractivity contribution in [2.75, 3.05) is 0 Å². The first-order chi connectivity index (χ1) is 9.84. The highest BCUT2D eigenvalue weighted by molar-refractivity contribution is 5.35. The van der Waals surface area contributed by atoms with E-state index in [4.69, 9.17) is 5.73 Å². The molecule has 0 aliphatic carbocycles. The molecule has 0 saturated carbocycles. The number of hydrogen-bond donors (Lipinski definition) is 1. The van der Waals surface area contributed by atoms with E-state index in [2.05, 4.69) is 5.10 Å². The van der Waals surface area contributed by atoms with Gasteiger partial charge in [-0.3, -0.25) is 4.68 Å². The molecule has 114 valence electrons. The van der Waals surface area contributed by atoms with Crippen LogP contribution >= 0.6 is 0 Å². The van der Waals surface area contributed by atoms with E-state index in [0.29, 0.717) is 18.2 Å². The monoisotopic (exact) mass is 301 g/mol. The van der Waals surface area contributed by atoms with E-state index >= 15 is 0 Å². The maximum Gasteiger partial charge on any atom is 0.419 e. The molecule has 0 radical (unpaired) electrons. The van der Waals surface area contributed by atoms with E-state index < -0.39 is 23.6 Å². The van der Waals surface area contributed by atoms with Crippen molar-refractivity contribution in [3.8, 4) is 0 Å². The molecule has 0 amide bonds. The fraction of sp³-hybridized carbons (Fsp3) is 0.357. The SMILES string of the molecule is CCCn1cc(C(N)c2cccc(C(F)(F)F)c2F)cn1. The molecule has 2 rings (SSSR count). The zero-order valence-electron chi connectivity index (χ0n) is 11.4. The second kappa shape index (κ2) is 5.85. The Balaban J connectivity index is 2.36. The van der Waals surface area contributed by atoms with Gasteiger partial charge in [0.05, 0.1) is 17.8 Å². The van der Waals surface area contributed by atoms with Crippen LogP contribution in [0, 0.1) is 5.82 Å². The quantitative estimate of drug-likeness (QED) is 0.878. The van der Waals surface area contributed by atoms with Gasteiger partial charge in [0, 0.05) is 23.9 Å². The summed E-state index contributed by atoms with van der Waals surface area (Å²) in [4.78, 5) is 0. The minimum Gasteiger partial charge on any atom is -0.320 e. The topological polar surface area (TPSA) is 43.8 Å². The lowest BCUT2D eigenvalue weighted by atomic mass is 9.99. The molecule has 1 aromatic carbocycles. The van der Waals surface area contributed by atoms with Crippen LogP contribution < -0.4 is 5.73 Å². The average Bonchev–Trinajstić information content (AvgIpc) is 2.86. The molecule has 1 atom stereocenters. The summed E-state index contributed by atoms with van der Waals surface area (Å²) in [5.41, 5.74) is 4.85. The van der Waals surface area contributed by atoms with Crippen LogP contribution in [0.1, 0.15) is 36.1 Å². The third kappa shape index (κ3) is 3.24. The van der Waals surface area contributed by atoms with Crippen LogP contribution in [0.3, 0.4) is 0 Å². The Morgan fingerprint density at radius 3 is 2.67 bits per heavy atom. The number of aromatic nitrogens is 2. The molecular formula is C14H15F4N3. The molecule has 0 bridgehead atoms. The minimum absolute atomic E-state index is 0.194. The molecule has 7 heteroatoms. The summed E-state index contributed by atoms with van der Waals surface area (Å²) < 4.78 is 53.8. The van der Waals surface area contributed by atoms with E-state index in [1.165, 1.54) is 12.3 Å². The summed E-state index contributed by atoms with van der Waals surface area (Å²) in [6.07, 6.45) is -0.825. The summed E-state index contributed by atoms with van der Waals surface area (Å²) >= 11 is 0. The zero-order chi connectivity index (χ0) is 15.6. The zero-order valence-corrected chi connectivity index (χ0v) is 11.4. The summed E-state index contributed by atoms with van der Waals surface area (Å²) in [6.45, 7) is 2.63. The van der Waals surface area contributed by atoms with Crippen molar-refractivity contribution in [2.45, 2.75) is 32.1 Å². The van der Waals surface area contributed by atoms with Gasteiger partial charge in [0.15, 0.2) is 0 Å². The van der Waals surface area contributed by atoms with E-state index in [1.807, 2.05) is 6.92 Å². The van der Waals surface area contributed by atoms with Crippen molar-refractivity contribution in [1.29, 1.82) is 0 Å². The maximum atomic E-state index is 14.0. The number of halogens is 4. The molecule has 0 fully saturated rings. The van der Waals surface area contributed by atoms with E-state index in [9.17, 15) is 17.6 Å². The van der Waals surface area contributed by atoms with Gasteiger partial charge in [0.2, 0.25) is 0 Å². The number of hydrogen-bond acceptors (Lipinski definition) is 2. The summed E-state index contributed by atoms with van der Waals surface area (Å²) in [7, 11) is 0. The van der Waals surface area contributed by atoms with Crippen LogP contribution in [0.2, 0.25) is 0 Å². The summed E-state index contributed by atoms with van der Waals surface area (Å²) in [5.74, 6) is -1.33. The van der Waals surface area contributed by atoms with E-state index in [-0.39, 0.29) is 5.56 Å². The van der Waals surface area contributed by atoms with Gasteiger partial charge in [-0.25, -0.2) is 4.39 Å². The summed E-state index contributed by atoms with van der Waals surface area (Å²) in [5, 5.41) is 4.05. The van der Waals surface area contributed by atoms with Crippen molar-refractivity contribution in [3.05, 3.63) is 53.1 Å². The van der Waals surface area contributed by atoms with Crippen molar-refractivity contribution < 1.29 is 17.6 Å². The third-order valence-electron chi connectivity index (χ3n) is 3.13. The van der Waals surface area contributed by atoms with Crippen molar-refractivity contribution >= 4 is 0 Å². The fourth-order valence-electron chi connectivity index (χ4n) is 2.08. The van der Waals surface area contributed by atoms with Gasteiger partial charge in [-0.1, -0.05) is 19.1 Å². The molecule has 3 nitrogen and oxygen atoms in total. The molecule has 1 heterocycles. The van der Waals surface area contributed by atoms with Crippen molar-refractivity contribution in [1.82, 2.24) is 9.78 Å². The van der Waals surface area contributed by atoms with Gasteiger partial charge in [-0.15, -0.1) is 0 Å². The first-order valence-electron chi connectivity index (χ1n) is 6.48. The smallest absolute Gasteiger partial charge is 0.320 e. The molecule has 2 N–H and O–H groups in total. The van der Waals surface area contributed by atoms with Gasteiger partial charge < -0.3 is 5.73 Å². The van der Waals surface area contributed by atoms with Crippen molar-refractivity contribution in [3.63, 3.8) is 0 Å². The maximum absolute atomic E-state index is 14.0. The van der Waals surface area contributed by atoms with Gasteiger partial charge in [0.25, 0.3) is 0 Å². The van der Waals surface area contributed by atoms with Crippen LogP contribution in [-0.2, 0) is 12.7 Å². The Morgan fingerprint density at radius 1 is 1.33 bits per heavy atom. The Kier molecular flexibility index (Phi) is 4.32. The number of alkyl halides is 3. The van der Waals surface area contributed by atoms with Crippen molar-refractivity contribution in [2.24, 2.45) is 5.73 Å². The third-order valence-corrected chi connectivity index (χ3v) is 3.13. The second-order valence-corrected chi connectivity index (χ2v) is 4.72. The summed E-state index contributed by atoms with van der Waals surface area (Å²) in [6, 6.07) is 2.12. The number of aryl methyl sites for hydroxylation is 1. The molecule has 1 unspecified atom stereocenters. The Labute approximate surface area is 119 Å². The lowest BCUT2D eigenvalue weighted by Crippen LogP contribution is -2.17. The molecule has 0 aliphatic rings. The lowest BCUT2D eigenvalue weighted by molar-refractivity contribution is -0.140. The van der Waals surface area contributed by atoms with Crippen LogP contribution in [0.5, 0.6) is 0 Å². The van der Waals surface area contributed by atoms with E-state index in [1.54, 1.807) is 10.9 Å². The Hall–Kier alpha value is -1.89. The Bertz CT molecular complexity index is 619. The number of benzene rings is 1. The largest absolute Gasteiger partial charge is 0.419 e. The fourth-order valence-corrected chi connectivity index (χ4v) is 2.08. The van der Waals surface area contributed by atoms with Gasteiger partial charge in [-0.2, -0.15) is 18.3 Å². The van der Waals surface area contributed by atoms with Crippen LogP contribution in [0.15, 0.2) is 30.6 Å². The molecule has 2 aromatic rings. The molecule has 21 heavy (non-hydrogen) atoms. The molecule has 0 aliphatic heterocycles. The van der Waals surface area contributed by atoms with Gasteiger partial charge >= 0.3 is 6.18 Å². The van der Waals surface area contributed by atoms with Crippen LogP contribution in [0.4, 0.5) is 17.6 Å². The first kappa shape index (κ1) is 15.5. The molecule has 1 aromatic heterocycles. The standard InChI is InChI=1S/C14H15F4N3/c1-2-6-21-8-9(7-20-21)13(19)10-4-3-5-11(12(10)15)14(16,17)18/h3-5,7-8,13H,2,6,19H2,1H3. The van der Waals surface area contributed by atoms with Crippen LogP contribution in [0.25, 0.3) is 0 Å². The predicted molar refractivity (Wildman–Crippen MR) is 70.0 cm³/mol. The normalized spacial score (nSPS) is 13.4. The predicted octanol–water partition coefficient (Wildman–Crippen LogP) is 3.50. The number of nitrogens with two attached hydrogens (primary N) is 1. The molecule has 0 saturated heterocycles. The number of rotatable bonds is 4. The molecule has 0 spiro atoms. The van der Waals surface area contributed by atoms with E-state index in [0.717, 1.165) is 12.5 Å². The number of nitrogens with zero attached hydrogens (tertiary/aromatic N) is 2. The van der Waals surface area contributed by atoms with Gasteiger partial charge in [-0.05, 0) is 12.5 Å². The second-order valence-electron chi connectivity index (χ2n) is 4.72. The first-order valence-corrected chi connectivity index (χ1v) is 6.48. The van der Waals surface area contributed by atoms with Gasteiger partial charge in [0.1, 0.15) is 5.82 Å². The minimum atomic E-state index is -4.74. The highest BCUT2D eigenvalue weighted by Gasteiger charge is 2.35. The highest BCUT2D eigenvalue weighted by atomic mass is 19.4.